The maximum absolute atomic E-state index is 6.81. The first-order valence-electron chi connectivity index (χ1n) is 12.6. The summed E-state index contributed by atoms with van der Waals surface area (Å²) in [6.45, 7) is 7.37. The molecular formula is C25H32ClN7O2. The predicted molar refractivity (Wildman–Crippen MR) is 136 cm³/mol. The molecule has 0 radical (unpaired) electrons. The summed E-state index contributed by atoms with van der Waals surface area (Å²) in [5.41, 5.74) is 3.99. The van der Waals surface area contributed by atoms with Crippen molar-refractivity contribution in [3.05, 3.63) is 34.0 Å². The third kappa shape index (κ3) is 4.30. The Balaban J connectivity index is 1.35. The van der Waals surface area contributed by atoms with Crippen molar-refractivity contribution in [1.29, 1.82) is 0 Å². The van der Waals surface area contributed by atoms with Crippen LogP contribution >= 0.6 is 11.6 Å². The van der Waals surface area contributed by atoms with Crippen LogP contribution in [0.5, 0.6) is 11.9 Å². The lowest BCUT2D eigenvalue weighted by Crippen LogP contribution is -2.44. The molecule has 6 rings (SSSR count). The number of benzene rings is 1. The molecule has 5 heterocycles. The number of hydrogen-bond donors (Lipinski definition) is 2. The van der Waals surface area contributed by atoms with Crippen molar-refractivity contribution in [3.63, 3.8) is 0 Å². The molecule has 0 aliphatic carbocycles. The lowest BCUT2D eigenvalue weighted by molar-refractivity contribution is 0.158. The van der Waals surface area contributed by atoms with Crippen LogP contribution in [0.1, 0.15) is 42.1 Å². The standard InChI is InChI=1S/C25H32ClN7O2/c1-15-12-19-18(13-28-31-19)21(22(15)26)20-6-5-17-23(33-10-7-27-8-11-33)29-25(30-24(17)35-20)34-14-16-4-3-9-32(16)2/h12-13,16,20,27H,3-11,14H2,1-2H3,(H,28,31)/t16-,20?/m0/s1. The number of nitrogens with zero attached hydrogens (tertiary/aromatic N) is 5. The van der Waals surface area contributed by atoms with Crippen LogP contribution in [0.4, 0.5) is 5.82 Å². The third-order valence-electron chi connectivity index (χ3n) is 7.55. The number of rotatable bonds is 5. The Labute approximate surface area is 210 Å². The number of piperazine rings is 1. The molecule has 3 aromatic rings. The predicted octanol–water partition coefficient (Wildman–Crippen LogP) is 3.26. The highest BCUT2D eigenvalue weighted by Gasteiger charge is 2.32. The maximum Gasteiger partial charge on any atom is 0.321 e. The van der Waals surface area contributed by atoms with Gasteiger partial charge in [-0.15, -0.1) is 0 Å². The van der Waals surface area contributed by atoms with E-state index in [2.05, 4.69) is 32.4 Å². The highest BCUT2D eigenvalue weighted by Crippen LogP contribution is 2.43. The van der Waals surface area contributed by atoms with Gasteiger partial charge in [-0.2, -0.15) is 15.1 Å². The van der Waals surface area contributed by atoms with Crippen LogP contribution in [-0.4, -0.2) is 77.5 Å². The molecule has 3 aliphatic heterocycles. The van der Waals surface area contributed by atoms with Gasteiger partial charge in [0.1, 0.15) is 18.5 Å². The summed E-state index contributed by atoms with van der Waals surface area (Å²) in [7, 11) is 2.15. The number of halogens is 1. The molecule has 1 aromatic carbocycles. The van der Waals surface area contributed by atoms with Crippen molar-refractivity contribution in [3.8, 4) is 11.9 Å². The zero-order chi connectivity index (χ0) is 23.9. The quantitative estimate of drug-likeness (QED) is 0.555. The van der Waals surface area contributed by atoms with E-state index in [0.717, 1.165) is 90.4 Å². The summed E-state index contributed by atoms with van der Waals surface area (Å²) in [4.78, 5) is 14.3. The van der Waals surface area contributed by atoms with Crippen LogP contribution in [0.25, 0.3) is 10.9 Å². The molecule has 0 bridgehead atoms. The van der Waals surface area contributed by atoms with Crippen molar-refractivity contribution in [2.45, 2.75) is 44.8 Å². The fourth-order valence-electron chi connectivity index (χ4n) is 5.53. The molecule has 2 fully saturated rings. The van der Waals surface area contributed by atoms with Crippen LogP contribution in [0.3, 0.4) is 0 Å². The molecule has 0 saturated carbocycles. The molecule has 2 aromatic heterocycles. The van der Waals surface area contributed by atoms with E-state index >= 15 is 0 Å². The highest BCUT2D eigenvalue weighted by molar-refractivity contribution is 6.33. The summed E-state index contributed by atoms with van der Waals surface area (Å²) in [6.07, 6.45) is 5.56. The van der Waals surface area contributed by atoms with Crippen LogP contribution in [0.2, 0.25) is 5.02 Å². The Hall–Kier alpha value is -2.62. The second-order valence-electron chi connectivity index (χ2n) is 9.84. The summed E-state index contributed by atoms with van der Waals surface area (Å²) in [5, 5.41) is 12.4. The SMILES string of the molecule is Cc1cc2[nH]ncc2c(C2CCc3c(nc(OC[C@@H]4CCCN4C)nc3N3CCNCC3)O2)c1Cl. The second-order valence-corrected chi connectivity index (χ2v) is 10.2. The largest absolute Gasteiger partial charge is 0.469 e. The molecule has 186 valence electrons. The van der Waals surface area contributed by atoms with Gasteiger partial charge in [-0.1, -0.05) is 11.6 Å². The van der Waals surface area contributed by atoms with Gasteiger partial charge in [0.05, 0.1) is 22.3 Å². The van der Waals surface area contributed by atoms with E-state index < -0.39 is 0 Å². The number of H-pyrrole nitrogens is 1. The molecule has 1 unspecified atom stereocenters. The van der Waals surface area contributed by atoms with Crippen LogP contribution in [0.15, 0.2) is 12.3 Å². The van der Waals surface area contributed by atoms with E-state index in [-0.39, 0.29) is 6.10 Å². The van der Waals surface area contributed by atoms with Crippen molar-refractivity contribution in [1.82, 2.24) is 30.4 Å². The number of aromatic nitrogens is 4. The van der Waals surface area contributed by atoms with Gasteiger partial charge in [0.2, 0.25) is 5.88 Å². The fraction of sp³-hybridized carbons (Fsp3) is 0.560. The molecule has 35 heavy (non-hydrogen) atoms. The Morgan fingerprint density at radius 1 is 1.20 bits per heavy atom. The molecule has 3 aliphatic rings. The topological polar surface area (TPSA) is 91.4 Å². The number of likely N-dealkylation sites (tertiary alicyclic amines) is 1. The first kappa shape index (κ1) is 22.8. The van der Waals surface area contributed by atoms with Crippen molar-refractivity contribution >= 4 is 28.3 Å². The lowest BCUT2D eigenvalue weighted by atomic mass is 9.95. The zero-order valence-electron chi connectivity index (χ0n) is 20.3. The molecule has 0 spiro atoms. The number of fused-ring (bicyclic) bond motifs is 2. The average Bonchev–Trinajstić information content (AvgIpc) is 3.51. The number of aromatic amines is 1. The van der Waals surface area contributed by atoms with Gasteiger partial charge in [0.25, 0.3) is 0 Å². The van der Waals surface area contributed by atoms with Crippen LogP contribution in [0, 0.1) is 6.92 Å². The Morgan fingerprint density at radius 2 is 2.06 bits per heavy atom. The van der Waals surface area contributed by atoms with E-state index in [1.54, 1.807) is 0 Å². The number of nitrogens with one attached hydrogen (secondary N) is 2. The first-order chi connectivity index (χ1) is 17.1. The van der Waals surface area contributed by atoms with Crippen molar-refractivity contribution < 1.29 is 9.47 Å². The minimum atomic E-state index is -0.213. The summed E-state index contributed by atoms with van der Waals surface area (Å²) in [6, 6.07) is 2.81. The van der Waals surface area contributed by atoms with E-state index in [4.69, 9.17) is 31.0 Å². The number of ether oxygens (including phenoxy) is 2. The van der Waals surface area contributed by atoms with Gasteiger partial charge in [-0.05, 0) is 57.8 Å². The molecule has 0 amide bonds. The van der Waals surface area contributed by atoms with Gasteiger partial charge in [0.15, 0.2) is 0 Å². The van der Waals surface area contributed by atoms with Gasteiger partial charge >= 0.3 is 6.01 Å². The smallest absolute Gasteiger partial charge is 0.321 e. The molecule has 2 N–H and O–H groups in total. The minimum Gasteiger partial charge on any atom is -0.469 e. The van der Waals surface area contributed by atoms with Crippen LogP contribution < -0.4 is 19.7 Å². The summed E-state index contributed by atoms with van der Waals surface area (Å²) in [5.74, 6) is 1.54. The van der Waals surface area contributed by atoms with Crippen molar-refractivity contribution in [2.75, 3.05) is 51.3 Å². The first-order valence-corrected chi connectivity index (χ1v) is 12.9. The van der Waals surface area contributed by atoms with Crippen molar-refractivity contribution in [2.24, 2.45) is 0 Å². The number of anilines is 1. The van der Waals surface area contributed by atoms with Gasteiger partial charge in [-0.25, -0.2) is 0 Å². The van der Waals surface area contributed by atoms with E-state index in [9.17, 15) is 0 Å². The van der Waals surface area contributed by atoms with Crippen LogP contribution in [-0.2, 0) is 6.42 Å². The van der Waals surface area contributed by atoms with Gasteiger partial charge < -0.3 is 24.6 Å². The Kier molecular flexibility index (Phi) is 6.16. The van der Waals surface area contributed by atoms with E-state index in [0.29, 0.717) is 24.5 Å². The molecule has 2 saturated heterocycles. The van der Waals surface area contributed by atoms with Gasteiger partial charge in [0, 0.05) is 43.2 Å². The van der Waals surface area contributed by atoms with E-state index in [1.807, 2.05) is 19.2 Å². The second kappa shape index (κ2) is 9.44. The Bertz CT molecular complexity index is 1230. The highest BCUT2D eigenvalue weighted by atomic mass is 35.5. The zero-order valence-corrected chi connectivity index (χ0v) is 21.1. The molecular weight excluding hydrogens is 466 g/mol. The normalized spacial score (nSPS) is 22.9. The summed E-state index contributed by atoms with van der Waals surface area (Å²) < 4.78 is 12.8. The van der Waals surface area contributed by atoms with E-state index in [1.165, 1.54) is 6.42 Å². The lowest BCUT2D eigenvalue weighted by Gasteiger charge is -2.33. The third-order valence-corrected chi connectivity index (χ3v) is 8.06. The molecule has 9 nitrogen and oxygen atoms in total. The molecule has 2 atom stereocenters. The minimum absolute atomic E-state index is 0.213. The number of aryl methyl sites for hydroxylation is 1. The Morgan fingerprint density at radius 3 is 2.86 bits per heavy atom. The monoisotopic (exact) mass is 497 g/mol. The maximum atomic E-state index is 6.81. The number of likely N-dealkylation sites (N-methyl/N-ethyl adjacent to an activating group) is 1. The van der Waals surface area contributed by atoms with Gasteiger partial charge in [-0.3, -0.25) is 5.10 Å². The fourth-order valence-corrected chi connectivity index (χ4v) is 5.81. The average molecular weight is 498 g/mol. The summed E-state index contributed by atoms with van der Waals surface area (Å²) >= 11 is 6.81. The number of hydrogen-bond acceptors (Lipinski definition) is 8. The molecule has 10 heteroatoms.